The van der Waals surface area contributed by atoms with Gasteiger partial charge in [0.15, 0.2) is 0 Å². The topological polar surface area (TPSA) is 89.2 Å². The number of hydrogen-bond acceptors (Lipinski definition) is 4. The van der Waals surface area contributed by atoms with Gasteiger partial charge in [0.1, 0.15) is 5.69 Å². The maximum absolute atomic E-state index is 11.5. The number of benzene rings is 1. The number of aromatic nitrogens is 1. The maximum Gasteiger partial charge on any atom is 0.294 e. The van der Waals surface area contributed by atoms with E-state index in [4.69, 9.17) is 0 Å². The summed E-state index contributed by atoms with van der Waals surface area (Å²) in [5, 5.41) is 13.5. The van der Waals surface area contributed by atoms with Crippen molar-refractivity contribution in [2.45, 2.75) is 0 Å². The molecule has 0 fully saturated rings. The number of nitrogens with zero attached hydrogens (tertiary/aromatic N) is 2. The zero-order valence-corrected chi connectivity index (χ0v) is 10.2. The Balaban J connectivity index is 2.38. The van der Waals surface area contributed by atoms with Crippen LogP contribution in [0.1, 0.15) is 10.4 Å². The number of nitro benzene ring substituents is 1. The highest BCUT2D eigenvalue weighted by Gasteiger charge is 2.17. The van der Waals surface area contributed by atoms with Crippen molar-refractivity contribution in [3.05, 3.63) is 58.4 Å². The van der Waals surface area contributed by atoms with Gasteiger partial charge in [-0.2, -0.15) is 0 Å². The first-order valence-electron chi connectivity index (χ1n) is 5.52. The van der Waals surface area contributed by atoms with E-state index in [1.54, 1.807) is 29.2 Å². The summed E-state index contributed by atoms with van der Waals surface area (Å²) in [5.74, 6) is -0.365. The van der Waals surface area contributed by atoms with Crippen molar-refractivity contribution in [2.24, 2.45) is 0 Å². The second kappa shape index (κ2) is 5.21. The molecule has 2 rings (SSSR count). The van der Waals surface area contributed by atoms with Gasteiger partial charge in [-0.15, -0.1) is 0 Å². The largest absolute Gasteiger partial charge is 0.355 e. The highest BCUT2D eigenvalue weighted by Crippen LogP contribution is 2.25. The molecular formula is C12H12N4O3. The lowest BCUT2D eigenvalue weighted by Gasteiger charge is -2.09. The molecule has 7 nitrogen and oxygen atoms in total. The molecule has 1 aromatic carbocycles. The quantitative estimate of drug-likeness (QED) is 0.646. The number of amides is 1. The van der Waals surface area contributed by atoms with Crippen LogP contribution in [-0.2, 0) is 0 Å². The summed E-state index contributed by atoms with van der Waals surface area (Å²) in [4.78, 5) is 22.0. The fraction of sp³-hybridized carbons (Fsp3) is 0.0833. The summed E-state index contributed by atoms with van der Waals surface area (Å²) in [7, 11) is 1.47. The minimum absolute atomic E-state index is 0.158. The molecule has 19 heavy (non-hydrogen) atoms. The van der Waals surface area contributed by atoms with E-state index in [1.807, 2.05) is 0 Å². The molecule has 7 heteroatoms. The first kappa shape index (κ1) is 12.6. The van der Waals surface area contributed by atoms with Crippen LogP contribution >= 0.6 is 0 Å². The molecule has 1 amide bonds. The van der Waals surface area contributed by atoms with Crippen molar-refractivity contribution in [3.63, 3.8) is 0 Å². The molecule has 0 bridgehead atoms. The third kappa shape index (κ3) is 2.71. The normalized spacial score (nSPS) is 9.95. The number of nitrogens with one attached hydrogen (secondary N) is 2. The van der Waals surface area contributed by atoms with Gasteiger partial charge in [0.2, 0.25) is 0 Å². The Kier molecular flexibility index (Phi) is 3.46. The summed E-state index contributed by atoms with van der Waals surface area (Å²) in [6.07, 6.45) is 3.44. The number of anilines is 1. The van der Waals surface area contributed by atoms with Gasteiger partial charge in [0, 0.05) is 31.1 Å². The van der Waals surface area contributed by atoms with Gasteiger partial charge in [0.05, 0.1) is 4.92 Å². The standard InChI is InChI=1S/C12H12N4O3/c1-13-12(17)9-4-5-10(11(8-9)16(18)19)14-15-6-2-3-7-15/h2-8,14H,1H3,(H,13,17). The Morgan fingerprint density at radius 3 is 2.58 bits per heavy atom. The van der Waals surface area contributed by atoms with Crippen LogP contribution < -0.4 is 10.7 Å². The third-order valence-electron chi connectivity index (χ3n) is 2.54. The van der Waals surface area contributed by atoms with E-state index in [9.17, 15) is 14.9 Å². The summed E-state index contributed by atoms with van der Waals surface area (Å²) in [6, 6.07) is 7.85. The van der Waals surface area contributed by atoms with E-state index in [0.29, 0.717) is 5.69 Å². The first-order chi connectivity index (χ1) is 9.11. The minimum Gasteiger partial charge on any atom is -0.355 e. The number of carbonyl (C=O) groups is 1. The molecule has 98 valence electrons. The SMILES string of the molecule is CNC(=O)c1ccc(Nn2cccc2)c([N+](=O)[O-])c1. The zero-order chi connectivity index (χ0) is 13.8. The molecule has 0 atom stereocenters. The Labute approximate surface area is 109 Å². The molecule has 0 saturated carbocycles. The predicted octanol–water partition coefficient (Wildman–Crippen LogP) is 1.63. The lowest BCUT2D eigenvalue weighted by molar-refractivity contribution is -0.384. The average Bonchev–Trinajstić information content (AvgIpc) is 2.91. The van der Waals surface area contributed by atoms with Crippen LogP contribution in [0, 0.1) is 10.1 Å². The third-order valence-corrected chi connectivity index (χ3v) is 2.54. The van der Waals surface area contributed by atoms with E-state index in [2.05, 4.69) is 10.7 Å². The summed E-state index contributed by atoms with van der Waals surface area (Å²) in [5.41, 5.74) is 3.26. The summed E-state index contributed by atoms with van der Waals surface area (Å²) in [6.45, 7) is 0. The van der Waals surface area contributed by atoms with Crippen molar-refractivity contribution in [3.8, 4) is 0 Å². The van der Waals surface area contributed by atoms with Crippen LogP contribution in [0.3, 0.4) is 0 Å². The van der Waals surface area contributed by atoms with Crippen molar-refractivity contribution in [1.82, 2.24) is 9.99 Å². The van der Waals surface area contributed by atoms with Crippen molar-refractivity contribution < 1.29 is 9.72 Å². The Morgan fingerprint density at radius 2 is 2.00 bits per heavy atom. The van der Waals surface area contributed by atoms with E-state index in [0.717, 1.165) is 0 Å². The molecule has 0 aliphatic carbocycles. The number of rotatable bonds is 4. The molecule has 1 aromatic heterocycles. The van der Waals surface area contributed by atoms with Crippen molar-refractivity contribution in [1.29, 1.82) is 0 Å². The van der Waals surface area contributed by atoms with Gasteiger partial charge >= 0.3 is 0 Å². The highest BCUT2D eigenvalue weighted by molar-refractivity contribution is 5.95. The van der Waals surface area contributed by atoms with Gasteiger partial charge in [-0.1, -0.05) is 0 Å². The van der Waals surface area contributed by atoms with E-state index in [1.165, 1.54) is 25.2 Å². The molecule has 1 heterocycles. The second-order valence-electron chi connectivity index (χ2n) is 3.77. The average molecular weight is 260 g/mol. The molecular weight excluding hydrogens is 248 g/mol. The fourth-order valence-corrected chi connectivity index (χ4v) is 1.61. The summed E-state index contributed by atoms with van der Waals surface area (Å²) < 4.78 is 1.59. The number of nitro groups is 1. The van der Waals surface area contributed by atoms with Crippen LogP contribution in [0.25, 0.3) is 0 Å². The maximum atomic E-state index is 11.5. The van der Waals surface area contributed by atoms with E-state index >= 15 is 0 Å². The smallest absolute Gasteiger partial charge is 0.294 e. The van der Waals surface area contributed by atoms with Crippen LogP contribution in [0.15, 0.2) is 42.7 Å². The first-order valence-corrected chi connectivity index (χ1v) is 5.52. The minimum atomic E-state index is -0.529. The van der Waals surface area contributed by atoms with Gasteiger partial charge in [-0.3, -0.25) is 25.0 Å². The van der Waals surface area contributed by atoms with Crippen LogP contribution in [0.4, 0.5) is 11.4 Å². The molecule has 0 radical (unpaired) electrons. The predicted molar refractivity (Wildman–Crippen MR) is 69.9 cm³/mol. The van der Waals surface area contributed by atoms with Gasteiger partial charge in [0.25, 0.3) is 11.6 Å². The second-order valence-corrected chi connectivity index (χ2v) is 3.77. The molecule has 0 unspecified atom stereocenters. The molecule has 0 spiro atoms. The highest BCUT2D eigenvalue weighted by atomic mass is 16.6. The lowest BCUT2D eigenvalue weighted by Crippen LogP contribution is -2.18. The number of hydrogen-bond donors (Lipinski definition) is 2. The van der Waals surface area contributed by atoms with E-state index in [-0.39, 0.29) is 17.2 Å². The molecule has 2 aromatic rings. The Bertz CT molecular complexity index is 607. The van der Waals surface area contributed by atoms with Gasteiger partial charge in [-0.25, -0.2) is 0 Å². The molecule has 0 aliphatic rings. The Morgan fingerprint density at radius 1 is 1.32 bits per heavy atom. The van der Waals surface area contributed by atoms with Crippen LogP contribution in [0.5, 0.6) is 0 Å². The fourth-order valence-electron chi connectivity index (χ4n) is 1.61. The van der Waals surface area contributed by atoms with Gasteiger partial charge in [-0.05, 0) is 24.3 Å². The summed E-state index contributed by atoms with van der Waals surface area (Å²) >= 11 is 0. The van der Waals surface area contributed by atoms with Gasteiger partial charge < -0.3 is 5.32 Å². The Hall–Kier alpha value is -2.83. The molecule has 0 saturated heterocycles. The molecule has 2 N–H and O–H groups in total. The van der Waals surface area contributed by atoms with E-state index < -0.39 is 4.92 Å². The molecule has 0 aliphatic heterocycles. The van der Waals surface area contributed by atoms with Crippen molar-refractivity contribution in [2.75, 3.05) is 12.5 Å². The van der Waals surface area contributed by atoms with Crippen LogP contribution in [0.2, 0.25) is 0 Å². The monoisotopic (exact) mass is 260 g/mol. The van der Waals surface area contributed by atoms with Crippen molar-refractivity contribution >= 4 is 17.3 Å². The zero-order valence-electron chi connectivity index (χ0n) is 10.2. The number of carbonyl (C=O) groups excluding carboxylic acids is 1. The lowest BCUT2D eigenvalue weighted by atomic mass is 10.1. The van der Waals surface area contributed by atoms with Crippen LogP contribution in [-0.4, -0.2) is 22.6 Å².